The van der Waals surface area contributed by atoms with Gasteiger partial charge in [0.25, 0.3) is 0 Å². The highest BCUT2D eigenvalue weighted by molar-refractivity contribution is 7.89. The summed E-state index contributed by atoms with van der Waals surface area (Å²) in [5.41, 5.74) is -0.0348. The summed E-state index contributed by atoms with van der Waals surface area (Å²) in [6.45, 7) is 6.84. The molecule has 0 fully saturated rings. The number of hydrogen-bond donors (Lipinski definition) is 1. The minimum Gasteiger partial charge on any atom is -0.389 e. The van der Waals surface area contributed by atoms with Crippen LogP contribution in [0.4, 0.5) is 0 Å². The molecule has 5 nitrogen and oxygen atoms in total. The fraction of sp³-hybridized carbons (Fsp3) is 0.500. The number of nitriles is 1. The van der Waals surface area contributed by atoms with Gasteiger partial charge in [-0.05, 0) is 44.5 Å². The van der Waals surface area contributed by atoms with Crippen LogP contribution >= 0.6 is 0 Å². The lowest BCUT2D eigenvalue weighted by Crippen LogP contribution is -2.42. The van der Waals surface area contributed by atoms with E-state index in [1.807, 2.05) is 6.07 Å². The molecule has 0 saturated carbocycles. The molecule has 0 aliphatic rings. The van der Waals surface area contributed by atoms with Crippen LogP contribution in [0.15, 0.2) is 23.1 Å². The largest absolute Gasteiger partial charge is 0.389 e. The second-order valence-electron chi connectivity index (χ2n) is 5.33. The Morgan fingerprint density at radius 3 is 2.40 bits per heavy atom. The molecular formula is C14H20N2O3S. The molecule has 1 N–H and O–H groups in total. The Morgan fingerprint density at radius 2 is 2.00 bits per heavy atom. The Balaban J connectivity index is 3.22. The predicted octanol–water partition coefficient (Wildman–Crippen LogP) is 1.65. The molecule has 0 amide bonds. The molecule has 1 rings (SSSR count). The third-order valence-corrected chi connectivity index (χ3v) is 4.79. The third kappa shape index (κ3) is 3.79. The second kappa shape index (κ2) is 5.92. The van der Waals surface area contributed by atoms with E-state index in [1.54, 1.807) is 27.7 Å². The van der Waals surface area contributed by atoms with E-state index < -0.39 is 15.6 Å². The number of aryl methyl sites for hydroxylation is 1. The fourth-order valence-electron chi connectivity index (χ4n) is 1.87. The number of rotatable bonds is 5. The van der Waals surface area contributed by atoms with Gasteiger partial charge in [0.15, 0.2) is 0 Å². The van der Waals surface area contributed by atoms with E-state index in [0.717, 1.165) is 0 Å². The first-order valence-electron chi connectivity index (χ1n) is 6.35. The summed E-state index contributed by atoms with van der Waals surface area (Å²) >= 11 is 0. The molecular weight excluding hydrogens is 276 g/mol. The first kappa shape index (κ1) is 16.6. The molecule has 0 aliphatic heterocycles. The van der Waals surface area contributed by atoms with Gasteiger partial charge in [-0.25, -0.2) is 8.42 Å². The first-order valence-corrected chi connectivity index (χ1v) is 7.79. The number of nitrogens with zero attached hydrogens (tertiary/aromatic N) is 2. The van der Waals surface area contributed by atoms with Crippen molar-refractivity contribution in [1.29, 1.82) is 5.26 Å². The van der Waals surface area contributed by atoms with Crippen molar-refractivity contribution in [2.45, 2.75) is 38.2 Å². The Hall–Kier alpha value is -1.42. The molecule has 0 heterocycles. The highest BCUT2D eigenvalue weighted by Gasteiger charge is 2.28. The van der Waals surface area contributed by atoms with Gasteiger partial charge in [-0.3, -0.25) is 0 Å². The highest BCUT2D eigenvalue weighted by Crippen LogP contribution is 2.20. The molecule has 0 radical (unpaired) electrons. The highest BCUT2D eigenvalue weighted by atomic mass is 32.2. The number of aliphatic hydroxyl groups is 1. The molecule has 0 aromatic heterocycles. The van der Waals surface area contributed by atoms with Crippen LogP contribution in [0.5, 0.6) is 0 Å². The zero-order valence-electron chi connectivity index (χ0n) is 12.2. The lowest BCUT2D eigenvalue weighted by atomic mass is 10.1. The molecule has 0 atom stereocenters. The van der Waals surface area contributed by atoms with Crippen molar-refractivity contribution in [2.75, 3.05) is 13.1 Å². The Labute approximate surface area is 120 Å². The van der Waals surface area contributed by atoms with Crippen molar-refractivity contribution in [3.63, 3.8) is 0 Å². The maximum absolute atomic E-state index is 12.5. The smallest absolute Gasteiger partial charge is 0.243 e. The van der Waals surface area contributed by atoms with E-state index in [0.29, 0.717) is 11.1 Å². The minimum absolute atomic E-state index is 0.0187. The lowest BCUT2D eigenvalue weighted by molar-refractivity contribution is 0.0601. The van der Waals surface area contributed by atoms with Gasteiger partial charge in [0.1, 0.15) is 0 Å². The van der Waals surface area contributed by atoms with Crippen molar-refractivity contribution in [3.05, 3.63) is 29.3 Å². The van der Waals surface area contributed by atoms with E-state index in [4.69, 9.17) is 5.26 Å². The summed E-state index contributed by atoms with van der Waals surface area (Å²) in [6.07, 6.45) is 0. The first-order chi connectivity index (χ1) is 9.11. The van der Waals surface area contributed by atoms with Gasteiger partial charge in [0.05, 0.1) is 22.1 Å². The number of sulfonamides is 1. The van der Waals surface area contributed by atoms with Crippen LogP contribution in [0.25, 0.3) is 0 Å². The zero-order valence-corrected chi connectivity index (χ0v) is 13.0. The van der Waals surface area contributed by atoms with E-state index in [2.05, 4.69) is 0 Å². The molecule has 0 unspecified atom stereocenters. The Morgan fingerprint density at radius 1 is 1.40 bits per heavy atom. The summed E-state index contributed by atoms with van der Waals surface area (Å²) in [7, 11) is -3.67. The maximum Gasteiger partial charge on any atom is 0.243 e. The van der Waals surface area contributed by atoms with Gasteiger partial charge in [0, 0.05) is 13.1 Å². The van der Waals surface area contributed by atoms with Crippen LogP contribution in [-0.4, -0.2) is 36.5 Å². The quantitative estimate of drug-likeness (QED) is 0.895. The van der Waals surface area contributed by atoms with E-state index in [9.17, 15) is 13.5 Å². The number of benzene rings is 1. The molecule has 0 bridgehead atoms. The van der Waals surface area contributed by atoms with Crippen LogP contribution in [0, 0.1) is 18.3 Å². The van der Waals surface area contributed by atoms with Crippen molar-refractivity contribution in [2.24, 2.45) is 0 Å². The predicted molar refractivity (Wildman–Crippen MR) is 76.6 cm³/mol. The van der Waals surface area contributed by atoms with Gasteiger partial charge in [-0.2, -0.15) is 9.57 Å². The Bertz CT molecular complexity index is 625. The van der Waals surface area contributed by atoms with Crippen molar-refractivity contribution < 1.29 is 13.5 Å². The SMILES string of the molecule is CCN(CC(C)(C)O)S(=O)(=O)c1ccc(C#N)c(C)c1. The van der Waals surface area contributed by atoms with Gasteiger partial charge < -0.3 is 5.11 Å². The van der Waals surface area contributed by atoms with E-state index in [1.165, 1.54) is 22.5 Å². The topological polar surface area (TPSA) is 81.4 Å². The molecule has 0 spiro atoms. The summed E-state index contributed by atoms with van der Waals surface area (Å²) in [4.78, 5) is 0.139. The van der Waals surface area contributed by atoms with E-state index >= 15 is 0 Å². The van der Waals surface area contributed by atoms with Crippen molar-refractivity contribution in [3.8, 4) is 6.07 Å². The van der Waals surface area contributed by atoms with Gasteiger partial charge >= 0.3 is 0 Å². The van der Waals surface area contributed by atoms with Crippen molar-refractivity contribution in [1.82, 2.24) is 4.31 Å². The minimum atomic E-state index is -3.67. The normalized spacial score (nSPS) is 12.4. The zero-order chi connectivity index (χ0) is 15.6. The average molecular weight is 296 g/mol. The molecule has 1 aromatic rings. The second-order valence-corrected chi connectivity index (χ2v) is 7.27. The van der Waals surface area contributed by atoms with Crippen LogP contribution in [0.1, 0.15) is 31.9 Å². The fourth-order valence-corrected chi connectivity index (χ4v) is 3.56. The van der Waals surface area contributed by atoms with Gasteiger partial charge in [-0.15, -0.1) is 0 Å². The third-order valence-electron chi connectivity index (χ3n) is 2.87. The van der Waals surface area contributed by atoms with Gasteiger partial charge in [0.2, 0.25) is 10.0 Å². The van der Waals surface area contributed by atoms with Crippen LogP contribution < -0.4 is 0 Å². The van der Waals surface area contributed by atoms with Crippen LogP contribution in [0.3, 0.4) is 0 Å². The van der Waals surface area contributed by atoms with E-state index in [-0.39, 0.29) is 18.0 Å². The molecule has 0 aliphatic carbocycles. The lowest BCUT2D eigenvalue weighted by Gasteiger charge is -2.27. The van der Waals surface area contributed by atoms with Crippen LogP contribution in [0.2, 0.25) is 0 Å². The van der Waals surface area contributed by atoms with Gasteiger partial charge in [-0.1, -0.05) is 6.92 Å². The standard InChI is InChI=1S/C14H20N2O3S/c1-5-16(10-14(3,4)17)20(18,19)13-7-6-12(9-15)11(2)8-13/h6-8,17H,5,10H2,1-4H3. The summed E-state index contributed by atoms with van der Waals surface area (Å²) < 4.78 is 26.3. The number of likely N-dealkylation sites (N-methyl/N-ethyl adjacent to an activating group) is 1. The average Bonchev–Trinajstić information content (AvgIpc) is 2.34. The number of hydrogen-bond acceptors (Lipinski definition) is 4. The monoisotopic (exact) mass is 296 g/mol. The van der Waals surface area contributed by atoms with Crippen LogP contribution in [-0.2, 0) is 10.0 Å². The molecule has 1 aromatic carbocycles. The Kier molecular flexibility index (Phi) is 4.92. The maximum atomic E-state index is 12.5. The summed E-state index contributed by atoms with van der Waals surface area (Å²) in [5, 5.41) is 18.7. The summed E-state index contributed by atoms with van der Waals surface area (Å²) in [5.74, 6) is 0. The molecule has 0 saturated heterocycles. The molecule has 110 valence electrons. The molecule has 6 heteroatoms. The van der Waals surface area contributed by atoms with Crippen molar-refractivity contribution >= 4 is 10.0 Å². The summed E-state index contributed by atoms with van der Waals surface area (Å²) in [6, 6.07) is 6.42. The molecule has 20 heavy (non-hydrogen) atoms.